The zero-order valence-electron chi connectivity index (χ0n) is 22.4. The van der Waals surface area contributed by atoms with E-state index in [-0.39, 0.29) is 23.5 Å². The van der Waals surface area contributed by atoms with E-state index in [0.29, 0.717) is 31.6 Å². The Kier molecular flexibility index (Phi) is 9.08. The molecule has 196 valence electrons. The van der Waals surface area contributed by atoms with Gasteiger partial charge in [0.25, 0.3) is 5.56 Å². The summed E-state index contributed by atoms with van der Waals surface area (Å²) >= 11 is 0. The van der Waals surface area contributed by atoms with Gasteiger partial charge in [-0.05, 0) is 63.3 Å². The van der Waals surface area contributed by atoms with Gasteiger partial charge < -0.3 is 23.7 Å². The second-order valence-electron chi connectivity index (χ2n) is 10.2. The second kappa shape index (κ2) is 11.8. The van der Waals surface area contributed by atoms with Crippen LogP contribution in [-0.4, -0.2) is 51.6 Å². The Labute approximate surface area is 212 Å². The predicted molar refractivity (Wildman–Crippen MR) is 141 cm³/mol. The maximum Gasteiger partial charge on any atom is 0.311 e. The number of carbonyl (C=O) groups excluding carboxylic acids is 1. The lowest BCUT2D eigenvalue weighted by Gasteiger charge is -2.19. The van der Waals surface area contributed by atoms with E-state index in [9.17, 15) is 14.7 Å². The number of aryl methyl sites for hydroxylation is 3. The molecule has 0 spiro atoms. The van der Waals surface area contributed by atoms with E-state index in [2.05, 4.69) is 11.5 Å². The minimum atomic E-state index is -0.790. The molecule has 3 atom stereocenters. The average Bonchev–Trinajstić information content (AvgIpc) is 3.20. The number of rotatable bonds is 11. The van der Waals surface area contributed by atoms with Crippen molar-refractivity contribution in [2.45, 2.75) is 59.6 Å². The highest BCUT2D eigenvalue weighted by Gasteiger charge is 2.26. The molecule has 0 saturated heterocycles. The van der Waals surface area contributed by atoms with Gasteiger partial charge in [-0.3, -0.25) is 9.59 Å². The number of esters is 1. The number of ether oxygens (including phenoxy) is 2. The summed E-state index contributed by atoms with van der Waals surface area (Å²) in [6.07, 6.45) is 2.11. The number of aliphatic hydroxyl groups is 1. The fourth-order valence-corrected chi connectivity index (χ4v) is 4.50. The number of methoxy groups -OCH3 is 1. The number of aromatic nitrogens is 3. The molecule has 2 aromatic heterocycles. The SMILES string of the molecule is COC[C@H](C)n1c(-c2cc(C)c(=O)n(C)c2)nc2cc(CC[C@H](C(=O)OCC(C)C)[C@@H](C)O)ccc21. The molecule has 0 radical (unpaired) electrons. The van der Waals surface area contributed by atoms with Crippen LogP contribution in [0.2, 0.25) is 0 Å². The lowest BCUT2D eigenvalue weighted by molar-refractivity contribution is -0.153. The van der Waals surface area contributed by atoms with Crippen molar-refractivity contribution in [1.82, 2.24) is 14.1 Å². The first-order valence-electron chi connectivity index (χ1n) is 12.6. The first-order valence-corrected chi connectivity index (χ1v) is 12.6. The zero-order chi connectivity index (χ0) is 26.6. The monoisotopic (exact) mass is 497 g/mol. The molecule has 0 unspecified atom stereocenters. The maximum absolute atomic E-state index is 12.5. The first-order chi connectivity index (χ1) is 17.0. The highest BCUT2D eigenvalue weighted by Crippen LogP contribution is 2.30. The number of carbonyl (C=O) groups is 1. The highest BCUT2D eigenvalue weighted by atomic mass is 16.5. The van der Waals surface area contributed by atoms with E-state index in [1.807, 2.05) is 44.3 Å². The van der Waals surface area contributed by atoms with E-state index in [0.717, 1.165) is 28.0 Å². The third kappa shape index (κ3) is 6.23. The number of pyridine rings is 1. The number of fused-ring (bicyclic) bond motifs is 1. The third-order valence-corrected chi connectivity index (χ3v) is 6.41. The predicted octanol–water partition coefficient (Wildman–Crippen LogP) is 4.05. The number of nitrogens with zero attached hydrogens (tertiary/aromatic N) is 3. The molecule has 0 fully saturated rings. The Hall–Kier alpha value is -2.97. The van der Waals surface area contributed by atoms with Gasteiger partial charge in [0.2, 0.25) is 0 Å². The maximum atomic E-state index is 12.5. The molecule has 3 rings (SSSR count). The molecule has 0 aliphatic heterocycles. The van der Waals surface area contributed by atoms with Crippen molar-refractivity contribution in [2.75, 3.05) is 20.3 Å². The van der Waals surface area contributed by atoms with E-state index < -0.39 is 12.0 Å². The van der Waals surface area contributed by atoms with Crippen LogP contribution in [0.25, 0.3) is 22.4 Å². The molecule has 3 aromatic rings. The number of benzene rings is 1. The van der Waals surface area contributed by atoms with E-state index in [1.54, 1.807) is 32.6 Å². The summed E-state index contributed by atoms with van der Waals surface area (Å²) in [5, 5.41) is 10.2. The molecular weight excluding hydrogens is 458 g/mol. The molecule has 36 heavy (non-hydrogen) atoms. The molecule has 0 aliphatic carbocycles. The lowest BCUT2D eigenvalue weighted by atomic mass is 9.95. The first kappa shape index (κ1) is 27.6. The molecule has 8 heteroatoms. The summed E-state index contributed by atoms with van der Waals surface area (Å²) in [6, 6.07) is 8.00. The fraction of sp³-hybridized carbons (Fsp3) is 0.536. The van der Waals surface area contributed by atoms with Crippen LogP contribution in [0, 0.1) is 18.8 Å². The largest absolute Gasteiger partial charge is 0.465 e. The minimum absolute atomic E-state index is 0.0220. The van der Waals surface area contributed by atoms with Crippen molar-refractivity contribution in [3.63, 3.8) is 0 Å². The molecule has 1 aromatic carbocycles. The van der Waals surface area contributed by atoms with E-state index in [4.69, 9.17) is 14.5 Å². The van der Waals surface area contributed by atoms with Gasteiger partial charge in [-0.2, -0.15) is 0 Å². The van der Waals surface area contributed by atoms with Crippen molar-refractivity contribution in [3.05, 3.63) is 51.9 Å². The van der Waals surface area contributed by atoms with Gasteiger partial charge in [-0.15, -0.1) is 0 Å². The topological polar surface area (TPSA) is 95.6 Å². The molecule has 0 saturated carbocycles. The third-order valence-electron chi connectivity index (χ3n) is 6.41. The van der Waals surface area contributed by atoms with Crippen LogP contribution in [0.3, 0.4) is 0 Å². The molecule has 0 aliphatic rings. The Bertz CT molecular complexity index is 1230. The smallest absolute Gasteiger partial charge is 0.311 e. The summed E-state index contributed by atoms with van der Waals surface area (Å²) in [5.74, 6) is 0.0730. The minimum Gasteiger partial charge on any atom is -0.465 e. The van der Waals surface area contributed by atoms with Gasteiger partial charge in [0.05, 0.1) is 42.3 Å². The quantitative estimate of drug-likeness (QED) is 0.402. The summed E-state index contributed by atoms with van der Waals surface area (Å²) in [5.41, 5.74) is 4.30. The van der Waals surface area contributed by atoms with Crippen molar-refractivity contribution < 1.29 is 19.4 Å². The Balaban J connectivity index is 1.95. The normalized spacial score (nSPS) is 14.2. The van der Waals surface area contributed by atoms with Crippen LogP contribution < -0.4 is 5.56 Å². The highest BCUT2D eigenvalue weighted by molar-refractivity contribution is 5.81. The molecule has 1 N–H and O–H groups in total. The Morgan fingerprint density at radius 2 is 1.86 bits per heavy atom. The molecule has 0 bridgehead atoms. The van der Waals surface area contributed by atoms with Crippen LogP contribution in [0.1, 0.15) is 51.3 Å². The van der Waals surface area contributed by atoms with Crippen LogP contribution >= 0.6 is 0 Å². The fourth-order valence-electron chi connectivity index (χ4n) is 4.50. The van der Waals surface area contributed by atoms with E-state index >= 15 is 0 Å². The van der Waals surface area contributed by atoms with Gasteiger partial charge in [0.1, 0.15) is 5.82 Å². The number of hydrogen-bond acceptors (Lipinski definition) is 6. The van der Waals surface area contributed by atoms with Gasteiger partial charge >= 0.3 is 5.97 Å². The average molecular weight is 498 g/mol. The van der Waals surface area contributed by atoms with Crippen molar-refractivity contribution >= 4 is 17.0 Å². The summed E-state index contributed by atoms with van der Waals surface area (Å²) in [6.45, 7) is 10.3. The zero-order valence-corrected chi connectivity index (χ0v) is 22.4. The van der Waals surface area contributed by atoms with Gasteiger partial charge in [-0.1, -0.05) is 19.9 Å². The molecular formula is C28H39N3O5. The number of aliphatic hydroxyl groups excluding tert-OH is 1. The molecule has 2 heterocycles. The van der Waals surface area contributed by atoms with Gasteiger partial charge in [0, 0.05) is 31.5 Å². The van der Waals surface area contributed by atoms with Crippen LogP contribution in [0.4, 0.5) is 0 Å². The standard InChI is InChI=1S/C28H39N3O5/c1-17(2)15-36-28(34)23(20(5)32)10-8-21-9-11-25-24(13-21)29-26(31(25)19(4)16-35-7)22-12-18(3)27(33)30(6)14-22/h9,11-14,17,19-20,23,32H,8,10,15-16H2,1-7H3/t19-,20+,23-/m0/s1. The summed E-state index contributed by atoms with van der Waals surface area (Å²) in [4.78, 5) is 29.7. The molecule has 8 nitrogen and oxygen atoms in total. The van der Waals surface area contributed by atoms with Gasteiger partial charge in [0.15, 0.2) is 0 Å². The molecule has 0 amide bonds. The Morgan fingerprint density at radius 1 is 1.14 bits per heavy atom. The van der Waals surface area contributed by atoms with Gasteiger partial charge in [-0.25, -0.2) is 4.98 Å². The second-order valence-corrected chi connectivity index (χ2v) is 10.2. The number of imidazole rings is 1. The summed E-state index contributed by atoms with van der Waals surface area (Å²) in [7, 11) is 3.42. The van der Waals surface area contributed by atoms with E-state index in [1.165, 1.54) is 0 Å². The van der Waals surface area contributed by atoms with Crippen LogP contribution in [0.15, 0.2) is 35.3 Å². The van der Waals surface area contributed by atoms with Crippen LogP contribution in [0.5, 0.6) is 0 Å². The Morgan fingerprint density at radius 3 is 2.47 bits per heavy atom. The van der Waals surface area contributed by atoms with Crippen molar-refractivity contribution in [2.24, 2.45) is 18.9 Å². The van der Waals surface area contributed by atoms with Crippen LogP contribution in [-0.2, 0) is 27.7 Å². The lowest BCUT2D eigenvalue weighted by Crippen LogP contribution is -2.29. The van der Waals surface area contributed by atoms with Crippen molar-refractivity contribution in [3.8, 4) is 11.4 Å². The number of hydrogen-bond donors (Lipinski definition) is 1. The summed E-state index contributed by atoms with van der Waals surface area (Å²) < 4.78 is 14.5. The van der Waals surface area contributed by atoms with Crippen molar-refractivity contribution in [1.29, 1.82) is 0 Å².